The Morgan fingerprint density at radius 2 is 1.83 bits per heavy atom. The van der Waals surface area contributed by atoms with Gasteiger partial charge in [-0.1, -0.05) is 26.8 Å². The molecule has 0 fully saturated rings. The van der Waals surface area contributed by atoms with Crippen molar-refractivity contribution in [1.29, 1.82) is 0 Å². The lowest BCUT2D eigenvalue weighted by Gasteiger charge is -2.20. The van der Waals surface area contributed by atoms with E-state index in [2.05, 4.69) is 25.8 Å². The molecular weight excluding hydrogens is 153 g/mol. The zero-order valence-corrected chi connectivity index (χ0v) is 7.98. The normalized spacial score (nSPS) is 11.8. The van der Waals surface area contributed by atoms with Crippen molar-refractivity contribution in [3.8, 4) is 0 Å². The van der Waals surface area contributed by atoms with Crippen molar-refractivity contribution in [1.82, 2.24) is 4.98 Å². The number of pyridine rings is 1. The molecule has 0 spiro atoms. The number of nitrogens with zero attached hydrogens (tertiary/aromatic N) is 1. The van der Waals surface area contributed by atoms with Gasteiger partial charge in [0.1, 0.15) is 0 Å². The van der Waals surface area contributed by atoms with Crippen molar-refractivity contribution in [3.05, 3.63) is 29.3 Å². The van der Waals surface area contributed by atoms with Gasteiger partial charge in [-0.05, 0) is 24.0 Å². The van der Waals surface area contributed by atoms with Crippen LogP contribution in [-0.2, 0) is 5.41 Å². The maximum absolute atomic E-state index is 12.6. The van der Waals surface area contributed by atoms with Crippen LogP contribution in [0.5, 0.6) is 0 Å². The van der Waals surface area contributed by atoms with Crippen LogP contribution in [0.15, 0.2) is 12.1 Å². The molecule has 0 atom stereocenters. The third-order valence-corrected chi connectivity index (χ3v) is 1.86. The summed E-state index contributed by atoms with van der Waals surface area (Å²) in [5.74, 6) is -0.402. The van der Waals surface area contributed by atoms with Gasteiger partial charge in [0.2, 0.25) is 5.95 Å². The van der Waals surface area contributed by atoms with Crippen LogP contribution in [0.3, 0.4) is 0 Å². The smallest absolute Gasteiger partial charge is 0.213 e. The first-order chi connectivity index (χ1) is 5.41. The molecule has 0 aliphatic heterocycles. The fourth-order valence-electron chi connectivity index (χ4n) is 1.32. The second-order valence-electron chi connectivity index (χ2n) is 4.02. The van der Waals surface area contributed by atoms with E-state index in [1.54, 1.807) is 6.07 Å². The van der Waals surface area contributed by atoms with Crippen LogP contribution < -0.4 is 0 Å². The molecule has 1 aromatic rings. The number of rotatable bonds is 0. The minimum Gasteiger partial charge on any atom is -0.225 e. The molecule has 0 radical (unpaired) electrons. The van der Waals surface area contributed by atoms with Crippen molar-refractivity contribution >= 4 is 0 Å². The second-order valence-corrected chi connectivity index (χ2v) is 4.02. The van der Waals surface area contributed by atoms with Gasteiger partial charge in [0.15, 0.2) is 0 Å². The Hall–Kier alpha value is -0.920. The number of halogens is 1. The van der Waals surface area contributed by atoms with Crippen molar-refractivity contribution in [2.75, 3.05) is 0 Å². The van der Waals surface area contributed by atoms with E-state index < -0.39 is 5.95 Å². The highest BCUT2D eigenvalue weighted by Crippen LogP contribution is 2.24. The predicted octanol–water partition coefficient (Wildman–Crippen LogP) is 2.83. The van der Waals surface area contributed by atoms with Crippen molar-refractivity contribution in [2.24, 2.45) is 0 Å². The Balaban J connectivity index is 3.19. The molecule has 0 saturated carbocycles. The molecule has 1 nitrogen and oxygen atoms in total. The van der Waals surface area contributed by atoms with Gasteiger partial charge in [0, 0.05) is 5.69 Å². The van der Waals surface area contributed by atoms with Gasteiger partial charge in [-0.2, -0.15) is 4.39 Å². The topological polar surface area (TPSA) is 12.9 Å². The first-order valence-electron chi connectivity index (χ1n) is 4.05. The van der Waals surface area contributed by atoms with Gasteiger partial charge < -0.3 is 0 Å². The lowest BCUT2D eigenvalue weighted by Crippen LogP contribution is -2.14. The molecule has 0 aliphatic rings. The fourth-order valence-corrected chi connectivity index (χ4v) is 1.32. The molecule has 66 valence electrons. The van der Waals surface area contributed by atoms with Gasteiger partial charge in [-0.3, -0.25) is 0 Å². The van der Waals surface area contributed by atoms with E-state index in [0.29, 0.717) is 0 Å². The summed E-state index contributed by atoms with van der Waals surface area (Å²) < 4.78 is 12.6. The van der Waals surface area contributed by atoms with E-state index in [9.17, 15) is 4.39 Å². The molecule has 0 unspecified atom stereocenters. The first kappa shape index (κ1) is 9.17. The van der Waals surface area contributed by atoms with E-state index in [-0.39, 0.29) is 5.41 Å². The lowest BCUT2D eigenvalue weighted by atomic mass is 9.86. The monoisotopic (exact) mass is 167 g/mol. The third kappa shape index (κ3) is 1.81. The summed E-state index contributed by atoms with van der Waals surface area (Å²) in [5, 5.41) is 0. The number of aromatic nitrogens is 1. The standard InChI is InChI=1S/C10H14FN/c1-7-8(10(2,3)4)5-6-9(11)12-7/h5-6H,1-4H3. The minimum absolute atomic E-state index is 0.0464. The quantitative estimate of drug-likeness (QED) is 0.541. The van der Waals surface area contributed by atoms with Gasteiger partial charge in [0.25, 0.3) is 0 Å². The zero-order chi connectivity index (χ0) is 9.35. The van der Waals surface area contributed by atoms with E-state index in [1.807, 2.05) is 6.92 Å². The van der Waals surface area contributed by atoms with Gasteiger partial charge >= 0.3 is 0 Å². The molecule has 1 aromatic heterocycles. The maximum atomic E-state index is 12.6. The zero-order valence-electron chi connectivity index (χ0n) is 7.98. The van der Waals surface area contributed by atoms with Crippen molar-refractivity contribution in [3.63, 3.8) is 0 Å². The molecular formula is C10H14FN. The highest BCUT2D eigenvalue weighted by molar-refractivity contribution is 5.26. The van der Waals surface area contributed by atoms with Gasteiger partial charge in [-0.25, -0.2) is 4.98 Å². The fraction of sp³-hybridized carbons (Fsp3) is 0.500. The maximum Gasteiger partial charge on any atom is 0.213 e. The molecule has 0 aromatic carbocycles. The number of hydrogen-bond donors (Lipinski definition) is 0. The van der Waals surface area contributed by atoms with Gasteiger partial charge in [-0.15, -0.1) is 0 Å². The summed E-state index contributed by atoms with van der Waals surface area (Å²) in [7, 11) is 0. The van der Waals surface area contributed by atoms with Crippen molar-refractivity contribution in [2.45, 2.75) is 33.1 Å². The van der Waals surface area contributed by atoms with Crippen LogP contribution in [-0.4, -0.2) is 4.98 Å². The van der Waals surface area contributed by atoms with Crippen LogP contribution in [0.2, 0.25) is 0 Å². The Morgan fingerprint density at radius 3 is 2.25 bits per heavy atom. The highest BCUT2D eigenvalue weighted by Gasteiger charge is 2.16. The van der Waals surface area contributed by atoms with Crippen LogP contribution in [0.4, 0.5) is 4.39 Å². The summed E-state index contributed by atoms with van der Waals surface area (Å²) in [5.41, 5.74) is 1.93. The van der Waals surface area contributed by atoms with E-state index >= 15 is 0 Å². The number of hydrogen-bond acceptors (Lipinski definition) is 1. The molecule has 1 heterocycles. The first-order valence-corrected chi connectivity index (χ1v) is 4.05. The predicted molar refractivity (Wildman–Crippen MR) is 47.6 cm³/mol. The Labute approximate surface area is 72.6 Å². The Kier molecular flexibility index (Phi) is 2.18. The van der Waals surface area contributed by atoms with E-state index in [1.165, 1.54) is 6.07 Å². The lowest BCUT2D eigenvalue weighted by molar-refractivity contribution is 0.552. The van der Waals surface area contributed by atoms with E-state index in [4.69, 9.17) is 0 Å². The van der Waals surface area contributed by atoms with Crippen molar-refractivity contribution < 1.29 is 4.39 Å². The molecule has 2 heteroatoms. The summed E-state index contributed by atoms with van der Waals surface area (Å²) in [4.78, 5) is 3.77. The Morgan fingerprint density at radius 1 is 1.25 bits per heavy atom. The SMILES string of the molecule is Cc1nc(F)ccc1C(C)(C)C. The molecule has 1 rings (SSSR count). The highest BCUT2D eigenvalue weighted by atomic mass is 19.1. The molecule has 12 heavy (non-hydrogen) atoms. The van der Waals surface area contributed by atoms with Crippen LogP contribution in [0, 0.1) is 12.9 Å². The Bertz CT molecular complexity index is 286. The summed E-state index contributed by atoms with van der Waals surface area (Å²) in [6.45, 7) is 8.11. The van der Waals surface area contributed by atoms with Crippen LogP contribution in [0.25, 0.3) is 0 Å². The van der Waals surface area contributed by atoms with Crippen LogP contribution in [0.1, 0.15) is 32.0 Å². The largest absolute Gasteiger partial charge is 0.225 e. The average molecular weight is 167 g/mol. The molecule has 0 bridgehead atoms. The van der Waals surface area contributed by atoms with Gasteiger partial charge in [0.05, 0.1) is 0 Å². The van der Waals surface area contributed by atoms with Crippen LogP contribution >= 0.6 is 0 Å². The van der Waals surface area contributed by atoms with E-state index in [0.717, 1.165) is 11.3 Å². The molecule has 0 N–H and O–H groups in total. The minimum atomic E-state index is -0.402. The average Bonchev–Trinajstić information content (AvgIpc) is 1.83. The summed E-state index contributed by atoms with van der Waals surface area (Å²) in [6.07, 6.45) is 0. The summed E-state index contributed by atoms with van der Waals surface area (Å²) in [6, 6.07) is 3.21. The molecule has 0 saturated heterocycles. The third-order valence-electron chi connectivity index (χ3n) is 1.86. The second kappa shape index (κ2) is 2.85. The molecule has 0 amide bonds. The summed E-state index contributed by atoms with van der Waals surface area (Å²) >= 11 is 0. The molecule has 0 aliphatic carbocycles. The number of aryl methyl sites for hydroxylation is 1.